The standard InChI is InChI=1S/C25H24N4O2/c30-23(21-8-2-1-3-9-21)18-27-25(31)22-10-6-7-20(17-22)19-28-13-15-29(16-14-28)24-11-4-5-12-26-24/h1-2,4-8,10-12,17H,13-16,18-19H2,(H,27,31). The molecule has 31 heavy (non-hydrogen) atoms. The van der Waals surface area contributed by atoms with E-state index < -0.39 is 0 Å². The van der Waals surface area contributed by atoms with E-state index in [0.717, 1.165) is 44.1 Å². The number of hydrogen-bond donors (Lipinski definition) is 1. The van der Waals surface area contributed by atoms with E-state index in [9.17, 15) is 9.59 Å². The SMILES string of the molecule is O=C(CNC(=O)c1cccc(CN2CCN(c3ccccn3)CC2)c1)c1c#cccc1. The number of hydrogen-bond acceptors (Lipinski definition) is 5. The molecule has 2 aromatic carbocycles. The van der Waals surface area contributed by atoms with E-state index in [1.807, 2.05) is 42.6 Å². The van der Waals surface area contributed by atoms with Gasteiger partial charge in [-0.3, -0.25) is 14.5 Å². The molecule has 156 valence electrons. The molecule has 1 aliphatic heterocycles. The lowest BCUT2D eigenvalue weighted by atomic mass is 10.1. The summed E-state index contributed by atoms with van der Waals surface area (Å²) in [5, 5.41) is 2.70. The van der Waals surface area contributed by atoms with Crippen molar-refractivity contribution in [3.63, 3.8) is 0 Å². The predicted octanol–water partition coefficient (Wildman–Crippen LogP) is 2.62. The number of ketones is 1. The lowest BCUT2D eigenvalue weighted by Crippen LogP contribution is -2.46. The summed E-state index contributed by atoms with van der Waals surface area (Å²) in [6.45, 7) is 4.44. The molecule has 6 nitrogen and oxygen atoms in total. The molecule has 0 aliphatic carbocycles. The van der Waals surface area contributed by atoms with Crippen LogP contribution in [-0.2, 0) is 6.54 Å². The molecule has 1 saturated heterocycles. The van der Waals surface area contributed by atoms with Crippen LogP contribution in [0, 0.1) is 12.1 Å². The van der Waals surface area contributed by atoms with Crippen LogP contribution in [0.15, 0.2) is 66.9 Å². The highest BCUT2D eigenvalue weighted by molar-refractivity contribution is 6.01. The van der Waals surface area contributed by atoms with Crippen LogP contribution in [0.3, 0.4) is 0 Å². The maximum absolute atomic E-state index is 12.5. The van der Waals surface area contributed by atoms with Crippen LogP contribution in [0.1, 0.15) is 26.3 Å². The fraction of sp³-hybridized carbons (Fsp3) is 0.240. The average Bonchev–Trinajstić information content (AvgIpc) is 2.84. The Hall–Kier alpha value is -3.69. The third-order valence-corrected chi connectivity index (χ3v) is 5.30. The van der Waals surface area contributed by atoms with E-state index in [-0.39, 0.29) is 18.2 Å². The van der Waals surface area contributed by atoms with Crippen molar-refractivity contribution in [2.45, 2.75) is 6.54 Å². The number of Topliss-reactive ketones (excluding diaryl/α,β-unsaturated/α-hetero) is 1. The van der Waals surface area contributed by atoms with E-state index in [4.69, 9.17) is 0 Å². The van der Waals surface area contributed by atoms with Crippen molar-refractivity contribution < 1.29 is 9.59 Å². The first-order chi connectivity index (χ1) is 15.2. The number of piperazine rings is 1. The number of nitrogens with one attached hydrogen (secondary N) is 1. The van der Waals surface area contributed by atoms with Crippen molar-refractivity contribution in [3.05, 3.63) is 95.7 Å². The van der Waals surface area contributed by atoms with Gasteiger partial charge in [0, 0.05) is 44.5 Å². The first kappa shape index (κ1) is 20.6. The molecule has 0 bridgehead atoms. The lowest BCUT2D eigenvalue weighted by Gasteiger charge is -2.35. The number of nitrogens with zero attached hydrogens (tertiary/aromatic N) is 3. The number of pyridine rings is 1. The Balaban J connectivity index is 1.29. The molecule has 1 aliphatic rings. The minimum Gasteiger partial charge on any atom is -0.354 e. The third-order valence-electron chi connectivity index (χ3n) is 5.30. The zero-order valence-electron chi connectivity index (χ0n) is 17.3. The van der Waals surface area contributed by atoms with Gasteiger partial charge in [-0.25, -0.2) is 4.98 Å². The number of anilines is 1. The van der Waals surface area contributed by atoms with Crippen molar-refractivity contribution in [2.24, 2.45) is 0 Å². The molecule has 1 amide bonds. The van der Waals surface area contributed by atoms with Crippen LogP contribution < -0.4 is 10.2 Å². The van der Waals surface area contributed by atoms with Gasteiger partial charge in [-0.05, 0) is 42.0 Å². The lowest BCUT2D eigenvalue weighted by molar-refractivity contribution is 0.0904. The molecular weight excluding hydrogens is 388 g/mol. The Morgan fingerprint density at radius 2 is 1.87 bits per heavy atom. The molecule has 6 heteroatoms. The van der Waals surface area contributed by atoms with E-state index >= 15 is 0 Å². The highest BCUT2D eigenvalue weighted by Gasteiger charge is 2.18. The van der Waals surface area contributed by atoms with Gasteiger partial charge in [-0.2, -0.15) is 0 Å². The smallest absolute Gasteiger partial charge is 0.251 e. The maximum Gasteiger partial charge on any atom is 0.251 e. The maximum atomic E-state index is 12.5. The summed E-state index contributed by atoms with van der Waals surface area (Å²) in [5.41, 5.74) is 2.05. The second-order valence-electron chi connectivity index (χ2n) is 7.47. The van der Waals surface area contributed by atoms with Gasteiger partial charge in [-0.15, -0.1) is 0 Å². The molecule has 0 saturated carbocycles. The molecule has 1 N–H and O–H groups in total. The molecular formula is C25H24N4O2. The zero-order chi connectivity index (χ0) is 21.5. The molecule has 2 heterocycles. The van der Waals surface area contributed by atoms with Crippen LogP contribution in [0.5, 0.6) is 0 Å². The van der Waals surface area contributed by atoms with Crippen molar-refractivity contribution in [1.29, 1.82) is 0 Å². The third kappa shape index (κ3) is 5.47. The van der Waals surface area contributed by atoms with Gasteiger partial charge in [0.05, 0.1) is 12.1 Å². The molecule has 0 spiro atoms. The number of rotatable bonds is 7. The Kier molecular flexibility index (Phi) is 6.56. The van der Waals surface area contributed by atoms with Crippen molar-refractivity contribution in [1.82, 2.24) is 15.2 Å². The van der Waals surface area contributed by atoms with E-state index in [2.05, 4.69) is 32.2 Å². The Morgan fingerprint density at radius 1 is 1.00 bits per heavy atom. The van der Waals surface area contributed by atoms with E-state index in [1.54, 1.807) is 24.3 Å². The molecule has 4 rings (SSSR count). The first-order valence-electron chi connectivity index (χ1n) is 10.4. The van der Waals surface area contributed by atoms with E-state index in [0.29, 0.717) is 11.1 Å². The van der Waals surface area contributed by atoms with E-state index in [1.165, 1.54) is 0 Å². The quantitative estimate of drug-likeness (QED) is 0.605. The first-order valence-corrected chi connectivity index (χ1v) is 10.4. The number of aromatic nitrogens is 1. The monoisotopic (exact) mass is 412 g/mol. The van der Waals surface area contributed by atoms with Crippen LogP contribution in [0.2, 0.25) is 0 Å². The predicted molar refractivity (Wildman–Crippen MR) is 119 cm³/mol. The summed E-state index contributed by atoms with van der Waals surface area (Å²) in [6, 6.07) is 24.1. The van der Waals surface area contributed by atoms with Crippen LogP contribution in [-0.4, -0.2) is 54.3 Å². The van der Waals surface area contributed by atoms with Crippen LogP contribution in [0.4, 0.5) is 5.82 Å². The normalized spacial score (nSPS) is 14.0. The van der Waals surface area contributed by atoms with Gasteiger partial charge in [0.25, 0.3) is 5.91 Å². The van der Waals surface area contributed by atoms with Crippen LogP contribution >= 0.6 is 0 Å². The number of carbonyl (C=O) groups excluding carboxylic acids is 2. The Labute approximate surface area is 182 Å². The van der Waals surface area contributed by atoms with Gasteiger partial charge >= 0.3 is 0 Å². The number of amides is 1. The second kappa shape index (κ2) is 9.88. The van der Waals surface area contributed by atoms with Gasteiger partial charge < -0.3 is 10.2 Å². The minimum atomic E-state index is -0.255. The summed E-state index contributed by atoms with van der Waals surface area (Å²) in [7, 11) is 0. The van der Waals surface area contributed by atoms with Crippen molar-refractivity contribution in [2.75, 3.05) is 37.6 Å². The van der Waals surface area contributed by atoms with Gasteiger partial charge in [0.1, 0.15) is 5.82 Å². The Morgan fingerprint density at radius 3 is 2.61 bits per heavy atom. The molecule has 0 radical (unpaired) electrons. The Bertz CT molecular complexity index is 1020. The summed E-state index contributed by atoms with van der Waals surface area (Å²) in [4.78, 5) is 33.8. The largest absolute Gasteiger partial charge is 0.354 e. The van der Waals surface area contributed by atoms with Crippen molar-refractivity contribution in [3.8, 4) is 0 Å². The topological polar surface area (TPSA) is 65.5 Å². The molecule has 1 fully saturated rings. The zero-order valence-corrected chi connectivity index (χ0v) is 17.3. The summed E-state index contributed by atoms with van der Waals surface area (Å²) < 4.78 is 0. The summed E-state index contributed by atoms with van der Waals surface area (Å²) in [5.74, 6) is 0.573. The average molecular weight is 412 g/mol. The molecule has 0 atom stereocenters. The van der Waals surface area contributed by atoms with Gasteiger partial charge in [-0.1, -0.05) is 36.4 Å². The van der Waals surface area contributed by atoms with Crippen LogP contribution in [0.25, 0.3) is 0 Å². The molecule has 0 unspecified atom stereocenters. The highest BCUT2D eigenvalue weighted by atomic mass is 16.2. The van der Waals surface area contributed by atoms with Gasteiger partial charge in [0.2, 0.25) is 0 Å². The second-order valence-corrected chi connectivity index (χ2v) is 7.47. The summed E-state index contributed by atoms with van der Waals surface area (Å²) in [6.07, 6.45) is 1.82. The minimum absolute atomic E-state index is 0.0626. The number of benzene rings is 1. The fourth-order valence-corrected chi connectivity index (χ4v) is 3.62. The number of carbonyl (C=O) groups is 2. The molecule has 1 aromatic heterocycles. The van der Waals surface area contributed by atoms with Crippen molar-refractivity contribution >= 4 is 17.5 Å². The highest BCUT2D eigenvalue weighted by Crippen LogP contribution is 2.15. The fourth-order valence-electron chi connectivity index (χ4n) is 3.62. The van der Waals surface area contributed by atoms with Gasteiger partial charge in [0.15, 0.2) is 5.78 Å². The summed E-state index contributed by atoms with van der Waals surface area (Å²) >= 11 is 0. The molecule has 3 aromatic rings.